The van der Waals surface area contributed by atoms with Gasteiger partial charge in [0.2, 0.25) is 5.91 Å². The van der Waals surface area contributed by atoms with E-state index in [1.807, 2.05) is 60.0 Å². The molecule has 9 heteroatoms. The number of likely N-dealkylation sites (N-methyl/N-ethyl adjacent to an activating group) is 1. The van der Waals surface area contributed by atoms with Crippen molar-refractivity contribution in [2.75, 3.05) is 25.4 Å². The van der Waals surface area contributed by atoms with Crippen molar-refractivity contribution < 1.29 is 14.3 Å². The highest BCUT2D eigenvalue weighted by Crippen LogP contribution is 2.31. The molecular formula is C24H25ClN4O3S. The molecule has 0 spiro atoms. The third-order valence-electron chi connectivity index (χ3n) is 5.18. The molecule has 0 bridgehead atoms. The van der Waals surface area contributed by atoms with E-state index in [-0.39, 0.29) is 17.8 Å². The van der Waals surface area contributed by atoms with Crippen LogP contribution in [0, 0.1) is 0 Å². The molecule has 33 heavy (non-hydrogen) atoms. The number of amides is 1. The maximum Gasteiger partial charge on any atom is 0.233 e. The van der Waals surface area contributed by atoms with Gasteiger partial charge in [-0.25, -0.2) is 0 Å². The molecular weight excluding hydrogens is 460 g/mol. The second kappa shape index (κ2) is 10.8. The lowest BCUT2D eigenvalue weighted by Gasteiger charge is -2.30. The maximum absolute atomic E-state index is 13.0. The van der Waals surface area contributed by atoms with Crippen LogP contribution in [-0.2, 0) is 11.3 Å². The second-order valence-corrected chi connectivity index (χ2v) is 8.81. The molecule has 0 fully saturated rings. The molecule has 1 amide bonds. The third-order valence-corrected chi connectivity index (χ3v) is 6.39. The second-order valence-electron chi connectivity index (χ2n) is 7.43. The molecule has 1 aliphatic heterocycles. The zero-order valence-corrected chi connectivity index (χ0v) is 19.9. The highest BCUT2D eigenvalue weighted by molar-refractivity contribution is 7.99. The number of thioether (sulfide) groups is 1. The normalized spacial score (nSPS) is 14.7. The number of fused-ring (bicyclic) bond motifs is 1. The number of allylic oxidation sites excluding steroid dienone is 1. The predicted octanol–water partition coefficient (Wildman–Crippen LogP) is 4.57. The topological polar surface area (TPSA) is 69.5 Å². The smallest absolute Gasteiger partial charge is 0.233 e. The van der Waals surface area contributed by atoms with Crippen molar-refractivity contribution >= 4 is 29.3 Å². The molecule has 0 saturated carbocycles. The van der Waals surface area contributed by atoms with E-state index in [0.29, 0.717) is 48.0 Å². The predicted molar refractivity (Wildman–Crippen MR) is 130 cm³/mol. The number of ether oxygens (including phenoxy) is 2. The van der Waals surface area contributed by atoms with Crippen molar-refractivity contribution in [1.29, 1.82) is 0 Å². The minimum atomic E-state index is -0.213. The Morgan fingerprint density at radius 3 is 2.73 bits per heavy atom. The van der Waals surface area contributed by atoms with Crippen LogP contribution in [0.15, 0.2) is 66.3 Å². The van der Waals surface area contributed by atoms with Gasteiger partial charge in [0.1, 0.15) is 6.61 Å². The van der Waals surface area contributed by atoms with E-state index in [9.17, 15) is 4.79 Å². The molecule has 1 aliphatic rings. The first-order valence-electron chi connectivity index (χ1n) is 10.7. The Labute approximate surface area is 202 Å². The van der Waals surface area contributed by atoms with Crippen LogP contribution >= 0.6 is 23.4 Å². The number of aromatic nitrogens is 3. The largest absolute Gasteiger partial charge is 0.486 e. The summed E-state index contributed by atoms with van der Waals surface area (Å²) in [5.41, 5.74) is 0.900. The number of nitrogens with zero attached hydrogens (tertiary/aromatic N) is 4. The molecule has 2 aromatic carbocycles. The van der Waals surface area contributed by atoms with E-state index < -0.39 is 0 Å². The highest BCUT2D eigenvalue weighted by Gasteiger charge is 2.25. The Hall–Kier alpha value is -2.97. The number of carbonyl (C=O) groups excluding carboxylic acids is 1. The van der Waals surface area contributed by atoms with Gasteiger partial charge in [-0.1, -0.05) is 41.6 Å². The van der Waals surface area contributed by atoms with Crippen molar-refractivity contribution in [2.24, 2.45) is 0 Å². The number of halogens is 1. The third kappa shape index (κ3) is 5.51. The molecule has 7 nitrogen and oxygen atoms in total. The zero-order chi connectivity index (χ0) is 23.2. The fourth-order valence-corrected chi connectivity index (χ4v) is 4.50. The Morgan fingerprint density at radius 1 is 1.24 bits per heavy atom. The van der Waals surface area contributed by atoms with Crippen LogP contribution in [-0.4, -0.2) is 57.1 Å². The molecule has 3 aromatic rings. The van der Waals surface area contributed by atoms with Crippen LogP contribution in [0.4, 0.5) is 0 Å². The lowest BCUT2D eigenvalue weighted by atomic mass is 10.2. The number of para-hydroxylation sites is 2. The molecule has 0 radical (unpaired) electrons. The summed E-state index contributed by atoms with van der Waals surface area (Å²) in [5, 5.41) is 9.96. The zero-order valence-electron chi connectivity index (χ0n) is 18.3. The van der Waals surface area contributed by atoms with Gasteiger partial charge in [-0.15, -0.1) is 16.8 Å². The molecule has 0 aliphatic carbocycles. The van der Waals surface area contributed by atoms with Gasteiger partial charge in [0.25, 0.3) is 0 Å². The van der Waals surface area contributed by atoms with Gasteiger partial charge >= 0.3 is 0 Å². The quantitative estimate of drug-likeness (QED) is 0.327. The fourth-order valence-electron chi connectivity index (χ4n) is 3.53. The Balaban J connectivity index is 1.40. The minimum absolute atomic E-state index is 0.00570. The summed E-state index contributed by atoms with van der Waals surface area (Å²) in [4.78, 5) is 14.7. The van der Waals surface area contributed by atoms with Crippen LogP contribution < -0.4 is 9.47 Å². The van der Waals surface area contributed by atoms with E-state index in [1.54, 1.807) is 11.0 Å². The molecule has 0 unspecified atom stereocenters. The van der Waals surface area contributed by atoms with Gasteiger partial charge in [-0.2, -0.15) is 0 Å². The van der Waals surface area contributed by atoms with Crippen molar-refractivity contribution in [3.05, 3.63) is 66.2 Å². The average Bonchev–Trinajstić information content (AvgIpc) is 3.24. The summed E-state index contributed by atoms with van der Waals surface area (Å²) >= 11 is 7.37. The molecule has 1 atom stereocenters. The monoisotopic (exact) mass is 484 g/mol. The fraction of sp³-hybridized carbons (Fsp3) is 0.292. The number of hydrogen-bond donors (Lipinski definition) is 0. The summed E-state index contributed by atoms with van der Waals surface area (Å²) in [7, 11) is 0. The van der Waals surface area contributed by atoms with Gasteiger partial charge < -0.3 is 14.4 Å². The van der Waals surface area contributed by atoms with Crippen LogP contribution in [0.1, 0.15) is 6.92 Å². The standard InChI is InChI=1S/C24H25ClN4O3S/c1-3-13-29-23(17-9-11-18(25)12-10-17)26-27-24(29)33-16-22(30)28(4-2)14-19-15-31-20-7-5-6-8-21(20)32-19/h3,5-12,19H,1,4,13-16H2,2H3/t19-/m1/s1. The average molecular weight is 485 g/mol. The van der Waals surface area contributed by atoms with Crippen molar-refractivity contribution in [2.45, 2.75) is 24.7 Å². The number of carbonyl (C=O) groups is 1. The van der Waals surface area contributed by atoms with Crippen LogP contribution in [0.3, 0.4) is 0 Å². The first kappa shape index (κ1) is 23.2. The summed E-state index contributed by atoms with van der Waals surface area (Å²) in [6, 6.07) is 15.0. The SMILES string of the molecule is C=CCn1c(SCC(=O)N(CC)C[C@@H]2COc3ccccc3O2)nnc1-c1ccc(Cl)cc1. The van der Waals surface area contributed by atoms with E-state index in [0.717, 1.165) is 11.3 Å². The summed E-state index contributed by atoms with van der Waals surface area (Å²) < 4.78 is 13.7. The van der Waals surface area contributed by atoms with Crippen molar-refractivity contribution in [3.63, 3.8) is 0 Å². The molecule has 0 saturated heterocycles. The maximum atomic E-state index is 13.0. The Bertz CT molecular complexity index is 1120. The van der Waals surface area contributed by atoms with Gasteiger partial charge in [-0.05, 0) is 43.3 Å². The summed E-state index contributed by atoms with van der Waals surface area (Å²) in [6.45, 7) is 7.77. The van der Waals surface area contributed by atoms with Crippen LogP contribution in [0.2, 0.25) is 5.02 Å². The van der Waals surface area contributed by atoms with E-state index in [4.69, 9.17) is 21.1 Å². The van der Waals surface area contributed by atoms with Crippen molar-refractivity contribution in [3.8, 4) is 22.9 Å². The van der Waals surface area contributed by atoms with Gasteiger partial charge in [0, 0.05) is 23.7 Å². The number of hydrogen-bond acceptors (Lipinski definition) is 6. The number of benzene rings is 2. The molecule has 2 heterocycles. The van der Waals surface area contributed by atoms with Gasteiger partial charge in [0.15, 0.2) is 28.6 Å². The molecule has 172 valence electrons. The number of rotatable bonds is 9. The van der Waals surface area contributed by atoms with Gasteiger partial charge in [-0.3, -0.25) is 9.36 Å². The highest BCUT2D eigenvalue weighted by atomic mass is 35.5. The van der Waals surface area contributed by atoms with E-state index >= 15 is 0 Å². The lowest BCUT2D eigenvalue weighted by molar-refractivity contribution is -0.129. The lowest BCUT2D eigenvalue weighted by Crippen LogP contribution is -2.44. The Kier molecular flexibility index (Phi) is 7.57. The van der Waals surface area contributed by atoms with Crippen molar-refractivity contribution in [1.82, 2.24) is 19.7 Å². The molecule has 4 rings (SSSR count). The van der Waals surface area contributed by atoms with Crippen LogP contribution in [0.25, 0.3) is 11.4 Å². The van der Waals surface area contributed by atoms with Gasteiger partial charge in [0.05, 0.1) is 12.3 Å². The van der Waals surface area contributed by atoms with E-state index in [2.05, 4.69) is 16.8 Å². The minimum Gasteiger partial charge on any atom is -0.486 e. The summed E-state index contributed by atoms with van der Waals surface area (Å²) in [6.07, 6.45) is 1.57. The first-order valence-corrected chi connectivity index (χ1v) is 12.0. The van der Waals surface area contributed by atoms with E-state index in [1.165, 1.54) is 11.8 Å². The van der Waals surface area contributed by atoms with Crippen LogP contribution in [0.5, 0.6) is 11.5 Å². The molecule has 1 aromatic heterocycles. The Morgan fingerprint density at radius 2 is 2.00 bits per heavy atom. The molecule has 0 N–H and O–H groups in total. The first-order chi connectivity index (χ1) is 16.1. The summed E-state index contributed by atoms with van der Waals surface area (Å²) in [5.74, 6) is 2.40.